The van der Waals surface area contributed by atoms with E-state index in [4.69, 9.17) is 9.29 Å². The van der Waals surface area contributed by atoms with Gasteiger partial charge in [-0.05, 0) is 44.0 Å². The summed E-state index contributed by atoms with van der Waals surface area (Å²) in [5, 5.41) is 0. The number of rotatable bonds is 3. The van der Waals surface area contributed by atoms with Gasteiger partial charge in [0.25, 0.3) is 10.1 Å². The summed E-state index contributed by atoms with van der Waals surface area (Å²) < 4.78 is 35.1. The highest BCUT2D eigenvalue weighted by Gasteiger charge is 2.17. The molecule has 0 saturated heterocycles. The fraction of sp³-hybridized carbons (Fsp3) is 0.125. The van der Waals surface area contributed by atoms with Gasteiger partial charge in [0.05, 0.1) is 8.95 Å². The van der Waals surface area contributed by atoms with Crippen LogP contribution >= 0.6 is 31.9 Å². The van der Waals surface area contributed by atoms with Gasteiger partial charge in [-0.25, -0.2) is 0 Å². The van der Waals surface area contributed by atoms with Crippen LogP contribution in [0.4, 0.5) is 0 Å². The predicted octanol–water partition coefficient (Wildman–Crippen LogP) is 2.00. The van der Waals surface area contributed by atoms with E-state index in [9.17, 15) is 13.2 Å². The fourth-order valence-corrected chi connectivity index (χ4v) is 2.39. The van der Waals surface area contributed by atoms with Crippen LogP contribution in [0.2, 0.25) is 0 Å². The summed E-state index contributed by atoms with van der Waals surface area (Å²) in [6.07, 6.45) is 0. The zero-order chi connectivity index (χ0) is 12.3. The van der Waals surface area contributed by atoms with Gasteiger partial charge >= 0.3 is 5.97 Å². The van der Waals surface area contributed by atoms with E-state index in [0.29, 0.717) is 8.95 Å². The summed E-state index contributed by atoms with van der Waals surface area (Å²) in [5.41, 5.74) is 0. The topological polar surface area (TPSA) is 80.7 Å². The maximum Gasteiger partial charge on any atom is 0.329 e. The Labute approximate surface area is 109 Å². The van der Waals surface area contributed by atoms with Gasteiger partial charge in [-0.15, -0.1) is 0 Å². The van der Waals surface area contributed by atoms with Crippen molar-refractivity contribution in [3.05, 3.63) is 27.1 Å². The average Bonchev–Trinajstić information content (AvgIpc) is 2.08. The molecule has 0 aliphatic heterocycles. The Morgan fingerprint density at radius 1 is 1.31 bits per heavy atom. The van der Waals surface area contributed by atoms with Crippen LogP contribution in [0, 0.1) is 0 Å². The average molecular weight is 374 g/mol. The summed E-state index contributed by atoms with van der Waals surface area (Å²) in [6, 6.07) is 4.95. The number of halogens is 2. The minimum Gasteiger partial charge on any atom is -0.423 e. The van der Waals surface area contributed by atoms with Crippen molar-refractivity contribution in [3.63, 3.8) is 0 Å². The third-order valence-electron chi connectivity index (χ3n) is 1.44. The van der Waals surface area contributed by atoms with Crippen LogP contribution in [0.25, 0.3) is 0 Å². The first-order chi connectivity index (χ1) is 7.29. The first kappa shape index (κ1) is 13.6. The smallest absolute Gasteiger partial charge is 0.329 e. The number of hydrogen-bond donors (Lipinski definition) is 1. The second-order valence-electron chi connectivity index (χ2n) is 2.75. The quantitative estimate of drug-likeness (QED) is 0.498. The molecule has 1 aromatic rings. The third kappa shape index (κ3) is 4.20. The van der Waals surface area contributed by atoms with Gasteiger partial charge in [-0.1, -0.05) is 6.07 Å². The first-order valence-corrected chi connectivity index (χ1v) is 7.09. The van der Waals surface area contributed by atoms with Crippen molar-refractivity contribution in [2.75, 3.05) is 5.75 Å². The Kier molecular flexibility index (Phi) is 4.48. The number of benzene rings is 1. The molecule has 0 unspecified atom stereocenters. The number of para-hydroxylation sites is 1. The second kappa shape index (κ2) is 5.26. The van der Waals surface area contributed by atoms with Crippen LogP contribution in [-0.4, -0.2) is 24.7 Å². The van der Waals surface area contributed by atoms with E-state index in [1.54, 1.807) is 18.2 Å². The molecule has 0 atom stereocenters. The zero-order valence-corrected chi connectivity index (χ0v) is 11.7. The van der Waals surface area contributed by atoms with Crippen molar-refractivity contribution >= 4 is 47.9 Å². The highest BCUT2D eigenvalue weighted by Crippen LogP contribution is 2.33. The largest absolute Gasteiger partial charge is 0.423 e. The second-order valence-corrected chi connectivity index (χ2v) is 5.91. The molecule has 0 bridgehead atoms. The molecule has 0 saturated carbocycles. The van der Waals surface area contributed by atoms with Gasteiger partial charge < -0.3 is 4.74 Å². The van der Waals surface area contributed by atoms with E-state index in [1.165, 1.54) is 0 Å². The SMILES string of the molecule is O=C(CS(=O)(=O)O)Oc1c(Br)cccc1Br. The van der Waals surface area contributed by atoms with Crippen LogP contribution in [0.15, 0.2) is 27.1 Å². The molecule has 0 amide bonds. The molecule has 0 spiro atoms. The van der Waals surface area contributed by atoms with Crippen LogP contribution < -0.4 is 4.74 Å². The van der Waals surface area contributed by atoms with Gasteiger partial charge in [0, 0.05) is 0 Å². The Hall–Kier alpha value is -0.440. The van der Waals surface area contributed by atoms with E-state index in [2.05, 4.69) is 31.9 Å². The first-order valence-electron chi connectivity index (χ1n) is 3.89. The summed E-state index contributed by atoms with van der Waals surface area (Å²) in [5.74, 6) is -1.98. The number of hydrogen-bond acceptors (Lipinski definition) is 4. The normalized spacial score (nSPS) is 11.2. The van der Waals surface area contributed by atoms with Crippen molar-refractivity contribution in [2.45, 2.75) is 0 Å². The maximum atomic E-state index is 11.1. The van der Waals surface area contributed by atoms with Gasteiger partial charge in [0.2, 0.25) is 0 Å². The van der Waals surface area contributed by atoms with Gasteiger partial charge in [-0.2, -0.15) is 8.42 Å². The summed E-state index contributed by atoms with van der Waals surface area (Å²) >= 11 is 6.27. The lowest BCUT2D eigenvalue weighted by Crippen LogP contribution is -2.20. The van der Waals surface area contributed by atoms with Gasteiger partial charge in [0.1, 0.15) is 0 Å². The van der Waals surface area contributed by atoms with Crippen molar-refractivity contribution in [2.24, 2.45) is 0 Å². The minimum absolute atomic E-state index is 0.163. The number of esters is 1. The highest BCUT2D eigenvalue weighted by atomic mass is 79.9. The van der Waals surface area contributed by atoms with Crippen LogP contribution in [0.3, 0.4) is 0 Å². The van der Waals surface area contributed by atoms with E-state index < -0.39 is 21.8 Å². The number of carbonyl (C=O) groups is 1. The minimum atomic E-state index is -4.37. The molecule has 0 aromatic heterocycles. The zero-order valence-electron chi connectivity index (χ0n) is 7.68. The molecule has 0 radical (unpaired) electrons. The van der Waals surface area contributed by atoms with Crippen molar-refractivity contribution < 1.29 is 22.5 Å². The molecule has 0 aliphatic rings. The molecule has 5 nitrogen and oxygen atoms in total. The molecule has 1 rings (SSSR count). The molecule has 0 aliphatic carbocycles. The Bertz CT molecular complexity index is 491. The van der Waals surface area contributed by atoms with Crippen LogP contribution in [0.1, 0.15) is 0 Å². The lowest BCUT2D eigenvalue weighted by molar-refractivity contribution is -0.131. The van der Waals surface area contributed by atoms with E-state index in [-0.39, 0.29) is 5.75 Å². The van der Waals surface area contributed by atoms with Crippen molar-refractivity contribution in [1.29, 1.82) is 0 Å². The third-order valence-corrected chi connectivity index (χ3v) is 3.28. The molecule has 1 aromatic carbocycles. The van der Waals surface area contributed by atoms with Gasteiger partial charge in [-0.3, -0.25) is 9.35 Å². The van der Waals surface area contributed by atoms with E-state index in [0.717, 1.165) is 0 Å². The summed E-state index contributed by atoms with van der Waals surface area (Å²) in [7, 11) is -4.37. The Morgan fingerprint density at radius 2 is 1.81 bits per heavy atom. The van der Waals surface area contributed by atoms with Crippen LogP contribution in [0.5, 0.6) is 5.75 Å². The molecular formula is C8H6Br2O5S. The summed E-state index contributed by atoms with van der Waals surface area (Å²) in [6.45, 7) is 0. The monoisotopic (exact) mass is 372 g/mol. The van der Waals surface area contributed by atoms with E-state index in [1.807, 2.05) is 0 Å². The highest BCUT2D eigenvalue weighted by molar-refractivity contribution is 9.11. The molecule has 0 heterocycles. The van der Waals surface area contributed by atoms with Crippen LogP contribution in [-0.2, 0) is 14.9 Å². The molecule has 0 fully saturated rings. The molecule has 88 valence electrons. The van der Waals surface area contributed by atoms with Gasteiger partial charge in [0.15, 0.2) is 11.5 Å². The summed E-state index contributed by atoms with van der Waals surface area (Å²) in [4.78, 5) is 11.1. The van der Waals surface area contributed by atoms with Crippen molar-refractivity contribution in [3.8, 4) is 5.75 Å². The lowest BCUT2D eigenvalue weighted by Gasteiger charge is -2.07. The predicted molar refractivity (Wildman–Crippen MR) is 63.9 cm³/mol. The molecule has 16 heavy (non-hydrogen) atoms. The standard InChI is InChI=1S/C8H6Br2O5S/c9-5-2-1-3-6(10)8(5)15-7(11)4-16(12,13)14/h1-3H,4H2,(H,12,13,14). The molecule has 1 N–H and O–H groups in total. The van der Waals surface area contributed by atoms with E-state index >= 15 is 0 Å². The molecular weight excluding hydrogens is 368 g/mol. The van der Waals surface area contributed by atoms with Crippen molar-refractivity contribution in [1.82, 2.24) is 0 Å². The molecule has 8 heteroatoms. The Morgan fingerprint density at radius 3 is 2.25 bits per heavy atom. The fourth-order valence-electron chi connectivity index (χ4n) is 0.872. The Balaban J connectivity index is 2.86. The lowest BCUT2D eigenvalue weighted by atomic mass is 10.3. The maximum absolute atomic E-state index is 11.1. The number of carbonyl (C=O) groups excluding carboxylic acids is 1. The number of ether oxygens (including phenoxy) is 1.